The van der Waals surface area contributed by atoms with Crippen molar-refractivity contribution in [1.29, 1.82) is 0 Å². The van der Waals surface area contributed by atoms with Crippen LogP contribution < -0.4 is 5.84 Å². The zero-order valence-electron chi connectivity index (χ0n) is 8.76. The predicted octanol–water partition coefficient (Wildman–Crippen LogP) is 2.39. The highest BCUT2D eigenvalue weighted by atomic mass is 19.4. The number of imidazole rings is 1. The Morgan fingerprint density at radius 2 is 1.75 bits per heavy atom. The zero-order valence-corrected chi connectivity index (χ0v) is 8.76. The van der Waals surface area contributed by atoms with E-state index < -0.39 is 12.0 Å². The number of halogens is 3. The molecule has 0 saturated carbocycles. The van der Waals surface area contributed by atoms with Gasteiger partial charge < -0.3 is 5.84 Å². The Labute approximate surface area is 89.7 Å². The number of nitrogen functional groups attached to an aromatic ring is 1. The molecule has 0 saturated heterocycles. The van der Waals surface area contributed by atoms with Gasteiger partial charge in [-0.05, 0) is 37.1 Å². The minimum Gasteiger partial charge on any atom is -0.337 e. The fraction of sp³-hybridized carbons (Fsp3) is 0.300. The maximum absolute atomic E-state index is 12.5. The number of aryl methyl sites for hydroxylation is 2. The van der Waals surface area contributed by atoms with E-state index in [4.69, 9.17) is 5.84 Å². The quantitative estimate of drug-likeness (QED) is 0.705. The number of aromatic nitrogens is 2. The summed E-state index contributed by atoms with van der Waals surface area (Å²) >= 11 is 0. The maximum Gasteiger partial charge on any atom is 0.451 e. The van der Waals surface area contributed by atoms with Gasteiger partial charge in [-0.3, -0.25) is 0 Å². The van der Waals surface area contributed by atoms with E-state index in [1.165, 1.54) is 0 Å². The van der Waals surface area contributed by atoms with Gasteiger partial charge in [-0.15, -0.1) is 0 Å². The molecule has 0 amide bonds. The molecule has 0 atom stereocenters. The second kappa shape index (κ2) is 3.13. The molecule has 0 aliphatic rings. The van der Waals surface area contributed by atoms with Gasteiger partial charge in [-0.2, -0.15) is 13.2 Å². The molecular formula is C10H10F3N3. The van der Waals surface area contributed by atoms with Gasteiger partial charge in [0.15, 0.2) is 0 Å². The molecule has 1 aromatic carbocycles. The lowest BCUT2D eigenvalue weighted by molar-refractivity contribution is -0.146. The van der Waals surface area contributed by atoms with E-state index in [0.29, 0.717) is 4.68 Å². The van der Waals surface area contributed by atoms with Crippen molar-refractivity contribution in [1.82, 2.24) is 9.66 Å². The van der Waals surface area contributed by atoms with Crippen LogP contribution in [0, 0.1) is 13.8 Å². The molecule has 0 aliphatic carbocycles. The highest BCUT2D eigenvalue weighted by Gasteiger charge is 2.37. The van der Waals surface area contributed by atoms with E-state index in [1.807, 2.05) is 13.8 Å². The summed E-state index contributed by atoms with van der Waals surface area (Å²) in [7, 11) is 0. The first-order valence-corrected chi connectivity index (χ1v) is 4.62. The number of fused-ring (bicyclic) bond motifs is 1. The molecule has 1 heterocycles. The average Bonchev–Trinajstić information content (AvgIpc) is 2.45. The van der Waals surface area contributed by atoms with Crippen LogP contribution in [0.25, 0.3) is 11.0 Å². The Bertz CT molecular complexity index is 554. The summed E-state index contributed by atoms with van der Waals surface area (Å²) in [6.45, 7) is 3.63. The Morgan fingerprint density at radius 1 is 1.19 bits per heavy atom. The fourth-order valence-corrected chi connectivity index (χ4v) is 1.55. The van der Waals surface area contributed by atoms with Crippen molar-refractivity contribution in [2.45, 2.75) is 20.0 Å². The van der Waals surface area contributed by atoms with E-state index in [1.54, 1.807) is 12.1 Å². The fourth-order valence-electron chi connectivity index (χ4n) is 1.55. The number of alkyl halides is 3. The molecule has 86 valence electrons. The van der Waals surface area contributed by atoms with Crippen LogP contribution in [-0.4, -0.2) is 9.66 Å². The largest absolute Gasteiger partial charge is 0.451 e. The standard InChI is InChI=1S/C10H10F3N3/c1-5-3-7-8(4-6(5)2)16(14)9(15-7)10(11,12)13/h3-4H,14H2,1-2H3. The number of hydrogen-bond acceptors (Lipinski definition) is 2. The Kier molecular flexibility index (Phi) is 2.11. The summed E-state index contributed by atoms with van der Waals surface area (Å²) in [5.41, 5.74) is 2.32. The third-order valence-electron chi connectivity index (χ3n) is 2.56. The van der Waals surface area contributed by atoms with Crippen molar-refractivity contribution in [3.05, 3.63) is 29.1 Å². The minimum atomic E-state index is -4.53. The van der Waals surface area contributed by atoms with Crippen molar-refractivity contribution in [2.75, 3.05) is 5.84 Å². The molecular weight excluding hydrogens is 219 g/mol. The van der Waals surface area contributed by atoms with Gasteiger partial charge in [0.2, 0.25) is 5.82 Å². The second-order valence-corrected chi connectivity index (χ2v) is 3.73. The van der Waals surface area contributed by atoms with Gasteiger partial charge in [-0.1, -0.05) is 0 Å². The van der Waals surface area contributed by atoms with E-state index in [0.717, 1.165) is 11.1 Å². The molecule has 2 rings (SSSR count). The summed E-state index contributed by atoms with van der Waals surface area (Å²) in [6.07, 6.45) is -4.53. The summed E-state index contributed by atoms with van der Waals surface area (Å²) in [5.74, 6) is 4.30. The first kappa shape index (κ1) is 10.8. The first-order valence-electron chi connectivity index (χ1n) is 4.62. The SMILES string of the molecule is Cc1cc2nc(C(F)(F)F)n(N)c2cc1C. The van der Waals surface area contributed by atoms with Crippen LogP contribution >= 0.6 is 0 Å². The molecule has 0 fully saturated rings. The van der Waals surface area contributed by atoms with E-state index >= 15 is 0 Å². The van der Waals surface area contributed by atoms with E-state index in [2.05, 4.69) is 4.98 Å². The highest BCUT2D eigenvalue weighted by Crippen LogP contribution is 2.30. The molecule has 3 nitrogen and oxygen atoms in total. The third-order valence-corrected chi connectivity index (χ3v) is 2.56. The molecule has 0 aliphatic heterocycles. The molecule has 2 N–H and O–H groups in total. The molecule has 16 heavy (non-hydrogen) atoms. The number of benzene rings is 1. The van der Waals surface area contributed by atoms with Crippen LogP contribution in [0.1, 0.15) is 17.0 Å². The molecule has 0 bridgehead atoms. The van der Waals surface area contributed by atoms with Gasteiger partial charge in [0.25, 0.3) is 0 Å². The summed E-state index contributed by atoms with van der Waals surface area (Å²) < 4.78 is 38.2. The van der Waals surface area contributed by atoms with Gasteiger partial charge in [0, 0.05) is 0 Å². The molecule has 1 aromatic heterocycles. The van der Waals surface area contributed by atoms with Gasteiger partial charge in [-0.25, -0.2) is 9.66 Å². The number of nitrogens with two attached hydrogens (primary N) is 1. The lowest BCUT2D eigenvalue weighted by Gasteiger charge is -2.05. The summed E-state index contributed by atoms with van der Waals surface area (Å²) in [6, 6.07) is 3.20. The predicted molar refractivity (Wildman–Crippen MR) is 54.4 cm³/mol. The topological polar surface area (TPSA) is 43.8 Å². The number of nitrogens with zero attached hydrogens (tertiary/aromatic N) is 2. The Hall–Kier alpha value is -1.72. The van der Waals surface area contributed by atoms with Crippen molar-refractivity contribution in [3.8, 4) is 0 Å². The van der Waals surface area contributed by atoms with Gasteiger partial charge in [0.1, 0.15) is 0 Å². The number of hydrogen-bond donors (Lipinski definition) is 1. The van der Waals surface area contributed by atoms with Crippen LogP contribution in [0.3, 0.4) is 0 Å². The van der Waals surface area contributed by atoms with Crippen LogP contribution in [0.15, 0.2) is 12.1 Å². The Morgan fingerprint density at radius 3 is 2.31 bits per heavy atom. The molecule has 2 aromatic rings. The third kappa shape index (κ3) is 1.50. The van der Waals surface area contributed by atoms with Crippen molar-refractivity contribution >= 4 is 11.0 Å². The molecule has 6 heteroatoms. The Balaban J connectivity index is 2.79. The van der Waals surface area contributed by atoms with Gasteiger partial charge in [0.05, 0.1) is 11.0 Å². The monoisotopic (exact) mass is 229 g/mol. The first-order chi connectivity index (χ1) is 7.30. The van der Waals surface area contributed by atoms with Crippen LogP contribution in [0.5, 0.6) is 0 Å². The average molecular weight is 229 g/mol. The second-order valence-electron chi connectivity index (χ2n) is 3.73. The lowest BCUT2D eigenvalue weighted by Crippen LogP contribution is -2.20. The summed E-state index contributed by atoms with van der Waals surface area (Å²) in [4.78, 5) is 3.50. The maximum atomic E-state index is 12.5. The van der Waals surface area contributed by atoms with Crippen LogP contribution in [0.4, 0.5) is 13.2 Å². The zero-order chi connectivity index (χ0) is 12.1. The van der Waals surface area contributed by atoms with E-state index in [9.17, 15) is 13.2 Å². The van der Waals surface area contributed by atoms with Crippen molar-refractivity contribution in [3.63, 3.8) is 0 Å². The van der Waals surface area contributed by atoms with Crippen LogP contribution in [-0.2, 0) is 6.18 Å². The van der Waals surface area contributed by atoms with Crippen LogP contribution in [0.2, 0.25) is 0 Å². The van der Waals surface area contributed by atoms with E-state index in [-0.39, 0.29) is 11.0 Å². The molecule has 0 spiro atoms. The van der Waals surface area contributed by atoms with Crippen molar-refractivity contribution < 1.29 is 13.2 Å². The normalized spacial score (nSPS) is 12.3. The number of rotatable bonds is 0. The lowest BCUT2D eigenvalue weighted by atomic mass is 10.1. The smallest absolute Gasteiger partial charge is 0.337 e. The van der Waals surface area contributed by atoms with Crippen molar-refractivity contribution in [2.24, 2.45) is 0 Å². The minimum absolute atomic E-state index is 0.262. The van der Waals surface area contributed by atoms with Gasteiger partial charge >= 0.3 is 6.18 Å². The highest BCUT2D eigenvalue weighted by molar-refractivity contribution is 5.78. The summed E-state index contributed by atoms with van der Waals surface area (Å²) in [5, 5.41) is 0. The molecule has 0 unspecified atom stereocenters. The molecule has 0 radical (unpaired) electrons.